The van der Waals surface area contributed by atoms with Crippen molar-refractivity contribution in [3.05, 3.63) is 0 Å². The minimum atomic E-state index is -0.479. The fourth-order valence-corrected chi connectivity index (χ4v) is 4.37. The van der Waals surface area contributed by atoms with Gasteiger partial charge in [0, 0.05) is 25.6 Å². The SMILES string of the molecule is CC1CNCC(C(=O)N2CCC3(O)CCCCC3C2)C1. The molecule has 0 aromatic rings. The second kappa shape index (κ2) is 5.64. The van der Waals surface area contributed by atoms with Gasteiger partial charge in [-0.2, -0.15) is 0 Å². The number of likely N-dealkylation sites (tertiary alicyclic amines) is 1. The van der Waals surface area contributed by atoms with E-state index in [0.29, 0.717) is 17.7 Å². The molecule has 4 atom stereocenters. The maximum absolute atomic E-state index is 12.7. The fraction of sp³-hybridized carbons (Fsp3) is 0.938. The molecule has 2 heterocycles. The Balaban J connectivity index is 1.62. The molecular weight excluding hydrogens is 252 g/mol. The molecule has 1 amide bonds. The lowest BCUT2D eigenvalue weighted by molar-refractivity contribution is -0.148. The molecule has 20 heavy (non-hydrogen) atoms. The summed E-state index contributed by atoms with van der Waals surface area (Å²) in [4.78, 5) is 14.7. The first-order valence-corrected chi connectivity index (χ1v) is 8.30. The van der Waals surface area contributed by atoms with E-state index in [1.54, 1.807) is 0 Å². The van der Waals surface area contributed by atoms with Crippen LogP contribution in [0.1, 0.15) is 45.4 Å². The summed E-state index contributed by atoms with van der Waals surface area (Å²) in [6, 6.07) is 0. The molecular formula is C16H28N2O2. The molecule has 0 bridgehead atoms. The quantitative estimate of drug-likeness (QED) is 0.763. The normalized spacial score (nSPS) is 42.1. The molecule has 4 nitrogen and oxygen atoms in total. The number of carbonyl (C=O) groups is 1. The third-order valence-corrected chi connectivity index (χ3v) is 5.66. The lowest BCUT2D eigenvalue weighted by Gasteiger charge is -2.48. The highest BCUT2D eigenvalue weighted by Crippen LogP contribution is 2.40. The van der Waals surface area contributed by atoms with E-state index in [9.17, 15) is 9.90 Å². The van der Waals surface area contributed by atoms with E-state index in [1.807, 2.05) is 4.90 Å². The number of rotatable bonds is 1. The van der Waals surface area contributed by atoms with E-state index in [1.165, 1.54) is 6.42 Å². The molecule has 114 valence electrons. The standard InChI is InChI=1S/C16H28N2O2/c1-12-8-13(10-17-9-12)15(19)18-7-6-16(20)5-3-2-4-14(16)11-18/h12-14,17,20H,2-11H2,1H3. The summed E-state index contributed by atoms with van der Waals surface area (Å²) in [5, 5.41) is 14.1. The van der Waals surface area contributed by atoms with Crippen molar-refractivity contribution >= 4 is 5.91 Å². The van der Waals surface area contributed by atoms with Crippen LogP contribution >= 0.6 is 0 Å². The van der Waals surface area contributed by atoms with Gasteiger partial charge in [-0.25, -0.2) is 0 Å². The zero-order valence-corrected chi connectivity index (χ0v) is 12.6. The molecule has 3 aliphatic rings. The molecule has 3 rings (SSSR count). The van der Waals surface area contributed by atoms with Crippen LogP contribution < -0.4 is 5.32 Å². The molecule has 4 unspecified atom stereocenters. The van der Waals surface area contributed by atoms with Crippen molar-refractivity contribution in [2.75, 3.05) is 26.2 Å². The van der Waals surface area contributed by atoms with Crippen LogP contribution in [0.4, 0.5) is 0 Å². The summed E-state index contributed by atoms with van der Waals surface area (Å²) in [6.07, 6.45) is 6.15. The van der Waals surface area contributed by atoms with E-state index >= 15 is 0 Å². The van der Waals surface area contributed by atoms with Gasteiger partial charge in [-0.05, 0) is 38.1 Å². The minimum absolute atomic E-state index is 0.147. The highest BCUT2D eigenvalue weighted by molar-refractivity contribution is 5.79. The Labute approximate surface area is 121 Å². The van der Waals surface area contributed by atoms with Gasteiger partial charge < -0.3 is 15.3 Å². The Bertz CT molecular complexity index is 373. The van der Waals surface area contributed by atoms with Crippen LogP contribution in [0.2, 0.25) is 0 Å². The van der Waals surface area contributed by atoms with E-state index in [0.717, 1.165) is 58.3 Å². The van der Waals surface area contributed by atoms with Gasteiger partial charge in [0.05, 0.1) is 11.5 Å². The number of aliphatic hydroxyl groups is 1. The number of amides is 1. The second-order valence-electron chi connectivity index (χ2n) is 7.28. The highest BCUT2D eigenvalue weighted by atomic mass is 16.3. The summed E-state index contributed by atoms with van der Waals surface area (Å²) < 4.78 is 0. The molecule has 2 N–H and O–H groups in total. The summed E-state index contributed by atoms with van der Waals surface area (Å²) in [5.74, 6) is 1.36. The van der Waals surface area contributed by atoms with Crippen molar-refractivity contribution in [2.24, 2.45) is 17.8 Å². The number of nitrogens with one attached hydrogen (secondary N) is 1. The maximum Gasteiger partial charge on any atom is 0.226 e. The van der Waals surface area contributed by atoms with Crippen LogP contribution in [-0.2, 0) is 4.79 Å². The van der Waals surface area contributed by atoms with Crippen molar-refractivity contribution in [2.45, 2.75) is 51.0 Å². The fourth-order valence-electron chi connectivity index (χ4n) is 4.37. The lowest BCUT2D eigenvalue weighted by Crippen LogP contribution is -2.56. The summed E-state index contributed by atoms with van der Waals surface area (Å²) in [7, 11) is 0. The van der Waals surface area contributed by atoms with Crippen molar-refractivity contribution in [1.82, 2.24) is 10.2 Å². The zero-order chi connectivity index (χ0) is 14.2. The van der Waals surface area contributed by atoms with Crippen LogP contribution in [0.3, 0.4) is 0 Å². The number of hydrogen-bond donors (Lipinski definition) is 2. The number of carbonyl (C=O) groups excluding carboxylic acids is 1. The number of hydrogen-bond acceptors (Lipinski definition) is 3. The van der Waals surface area contributed by atoms with E-state index in [-0.39, 0.29) is 5.92 Å². The highest BCUT2D eigenvalue weighted by Gasteiger charge is 2.44. The van der Waals surface area contributed by atoms with Crippen LogP contribution in [0, 0.1) is 17.8 Å². The van der Waals surface area contributed by atoms with Crippen LogP contribution in [0.25, 0.3) is 0 Å². The molecule has 1 aliphatic carbocycles. The third-order valence-electron chi connectivity index (χ3n) is 5.66. The summed E-state index contributed by atoms with van der Waals surface area (Å²) >= 11 is 0. The predicted molar refractivity (Wildman–Crippen MR) is 78.2 cm³/mol. The molecule has 3 fully saturated rings. The first kappa shape index (κ1) is 14.3. The summed E-state index contributed by atoms with van der Waals surface area (Å²) in [6.45, 7) is 5.60. The van der Waals surface area contributed by atoms with Gasteiger partial charge >= 0.3 is 0 Å². The number of piperidine rings is 2. The smallest absolute Gasteiger partial charge is 0.226 e. The van der Waals surface area contributed by atoms with Crippen molar-refractivity contribution in [3.8, 4) is 0 Å². The molecule has 0 aromatic heterocycles. The van der Waals surface area contributed by atoms with Crippen molar-refractivity contribution in [1.29, 1.82) is 0 Å². The van der Waals surface area contributed by atoms with Gasteiger partial charge in [0.2, 0.25) is 5.91 Å². The molecule has 2 aliphatic heterocycles. The first-order valence-electron chi connectivity index (χ1n) is 8.30. The monoisotopic (exact) mass is 280 g/mol. The predicted octanol–water partition coefficient (Wildman–Crippen LogP) is 1.39. The Morgan fingerprint density at radius 2 is 2.15 bits per heavy atom. The van der Waals surface area contributed by atoms with Crippen LogP contribution in [0.5, 0.6) is 0 Å². The van der Waals surface area contributed by atoms with E-state index in [4.69, 9.17) is 0 Å². The first-order chi connectivity index (χ1) is 9.58. The zero-order valence-electron chi connectivity index (χ0n) is 12.6. The Kier molecular flexibility index (Phi) is 4.04. The second-order valence-corrected chi connectivity index (χ2v) is 7.28. The van der Waals surface area contributed by atoms with Gasteiger partial charge in [-0.3, -0.25) is 4.79 Å². The molecule has 2 saturated heterocycles. The van der Waals surface area contributed by atoms with Crippen molar-refractivity contribution in [3.63, 3.8) is 0 Å². The minimum Gasteiger partial charge on any atom is -0.389 e. The Morgan fingerprint density at radius 1 is 1.30 bits per heavy atom. The molecule has 1 saturated carbocycles. The summed E-state index contributed by atoms with van der Waals surface area (Å²) in [5.41, 5.74) is -0.479. The van der Waals surface area contributed by atoms with Crippen molar-refractivity contribution < 1.29 is 9.90 Å². The number of nitrogens with zero attached hydrogens (tertiary/aromatic N) is 1. The average Bonchev–Trinajstić information content (AvgIpc) is 2.45. The maximum atomic E-state index is 12.7. The topological polar surface area (TPSA) is 52.6 Å². The number of fused-ring (bicyclic) bond motifs is 1. The van der Waals surface area contributed by atoms with Gasteiger partial charge in [-0.1, -0.05) is 19.8 Å². The Hall–Kier alpha value is -0.610. The van der Waals surface area contributed by atoms with Gasteiger partial charge in [0.15, 0.2) is 0 Å². The third kappa shape index (κ3) is 2.73. The molecule has 0 radical (unpaired) electrons. The molecule has 4 heteroatoms. The van der Waals surface area contributed by atoms with Crippen LogP contribution in [-0.4, -0.2) is 47.7 Å². The molecule has 0 spiro atoms. The van der Waals surface area contributed by atoms with Gasteiger partial charge in [0.25, 0.3) is 0 Å². The van der Waals surface area contributed by atoms with E-state index < -0.39 is 5.60 Å². The largest absolute Gasteiger partial charge is 0.389 e. The molecule has 0 aromatic carbocycles. The van der Waals surface area contributed by atoms with Gasteiger partial charge in [-0.15, -0.1) is 0 Å². The van der Waals surface area contributed by atoms with E-state index in [2.05, 4.69) is 12.2 Å². The average molecular weight is 280 g/mol. The lowest BCUT2D eigenvalue weighted by atomic mass is 9.71. The Morgan fingerprint density at radius 3 is 2.95 bits per heavy atom. The van der Waals surface area contributed by atoms with Gasteiger partial charge in [0.1, 0.15) is 0 Å². The van der Waals surface area contributed by atoms with Crippen LogP contribution in [0.15, 0.2) is 0 Å².